The lowest BCUT2D eigenvalue weighted by atomic mass is 9.97. The molecule has 0 fully saturated rings. The zero-order valence-electron chi connectivity index (χ0n) is 24.6. The summed E-state index contributed by atoms with van der Waals surface area (Å²) in [5, 5.41) is 2.74. The number of anilines is 1. The van der Waals surface area contributed by atoms with E-state index in [0.29, 0.717) is 17.6 Å². The first-order valence-electron chi connectivity index (χ1n) is 14.0. The average molecular weight is 532 g/mol. The van der Waals surface area contributed by atoms with E-state index in [1.165, 1.54) is 24.5 Å². The van der Waals surface area contributed by atoms with E-state index in [9.17, 15) is 14.0 Å². The highest BCUT2D eigenvalue weighted by Crippen LogP contribution is 2.30. The molecule has 0 aliphatic rings. The van der Waals surface area contributed by atoms with Crippen LogP contribution in [0.4, 0.5) is 10.1 Å². The number of hydrogen-bond donors (Lipinski definition) is 1. The number of rotatable bonds is 10. The Morgan fingerprint density at radius 1 is 0.872 bits per heavy atom. The predicted octanol–water partition coefficient (Wildman–Crippen LogP) is 9.52. The highest BCUT2D eigenvalue weighted by atomic mass is 19.1. The molecule has 2 atom stereocenters. The topological polar surface area (TPSA) is 46.2 Å². The van der Waals surface area contributed by atoms with Crippen LogP contribution in [0.3, 0.4) is 0 Å². The minimum absolute atomic E-state index is 0.155. The number of para-hydroxylation sites is 1. The summed E-state index contributed by atoms with van der Waals surface area (Å²) in [6.07, 6.45) is 4.84. The van der Waals surface area contributed by atoms with Crippen LogP contribution < -0.4 is 5.32 Å². The van der Waals surface area contributed by atoms with Gasteiger partial charge in [0.1, 0.15) is 11.6 Å². The van der Waals surface area contributed by atoms with Gasteiger partial charge in [0.2, 0.25) is 5.91 Å². The summed E-state index contributed by atoms with van der Waals surface area (Å²) in [6.45, 7) is 15.9. The zero-order valence-corrected chi connectivity index (χ0v) is 24.6. The lowest BCUT2D eigenvalue weighted by Gasteiger charge is -2.16. The van der Waals surface area contributed by atoms with Crippen LogP contribution in [0.15, 0.2) is 85.4 Å². The van der Waals surface area contributed by atoms with Crippen molar-refractivity contribution in [2.24, 2.45) is 11.8 Å². The van der Waals surface area contributed by atoms with Gasteiger partial charge in [-0.15, -0.1) is 0 Å². The average Bonchev–Trinajstić information content (AvgIpc) is 2.95. The summed E-state index contributed by atoms with van der Waals surface area (Å²) in [7, 11) is 0. The Morgan fingerprint density at radius 2 is 1.44 bits per heavy atom. The van der Waals surface area contributed by atoms with Crippen molar-refractivity contribution in [3.63, 3.8) is 0 Å². The molecule has 4 heteroatoms. The first kappa shape index (κ1) is 33.5. The van der Waals surface area contributed by atoms with Crippen molar-refractivity contribution < 1.29 is 14.0 Å². The maximum atomic E-state index is 14.3. The number of carbonyl (C=O) groups excluding carboxylic acids is 2. The van der Waals surface area contributed by atoms with E-state index in [1.54, 1.807) is 19.1 Å². The van der Waals surface area contributed by atoms with E-state index >= 15 is 0 Å². The van der Waals surface area contributed by atoms with E-state index in [0.717, 1.165) is 24.3 Å². The summed E-state index contributed by atoms with van der Waals surface area (Å²) < 4.78 is 14.3. The van der Waals surface area contributed by atoms with Crippen molar-refractivity contribution in [2.45, 2.75) is 73.6 Å². The summed E-state index contributed by atoms with van der Waals surface area (Å²) in [4.78, 5) is 22.1. The highest BCUT2D eigenvalue weighted by Gasteiger charge is 2.18. The maximum Gasteiger partial charge on any atom is 0.227 e. The van der Waals surface area contributed by atoms with Crippen molar-refractivity contribution in [2.75, 3.05) is 5.32 Å². The molecule has 1 amide bonds. The fourth-order valence-electron chi connectivity index (χ4n) is 3.67. The molecule has 0 saturated carbocycles. The van der Waals surface area contributed by atoms with Crippen molar-refractivity contribution in [1.82, 2.24) is 0 Å². The number of ketones is 1. The van der Waals surface area contributed by atoms with Gasteiger partial charge in [0.25, 0.3) is 0 Å². The molecule has 3 rings (SSSR count). The summed E-state index contributed by atoms with van der Waals surface area (Å²) in [5.74, 6) is 0.301. The Labute approximate surface area is 235 Å². The van der Waals surface area contributed by atoms with Crippen LogP contribution in [0.2, 0.25) is 0 Å². The number of carbonyl (C=O) groups is 2. The molecule has 0 heterocycles. The monoisotopic (exact) mass is 531 g/mol. The molecule has 0 radical (unpaired) electrons. The Hall–Kier alpha value is -3.53. The number of benzene rings is 3. The zero-order chi connectivity index (χ0) is 29.2. The normalized spacial score (nSPS) is 11.6. The second-order valence-electron chi connectivity index (χ2n) is 9.94. The lowest BCUT2D eigenvalue weighted by Crippen LogP contribution is -2.21. The van der Waals surface area contributed by atoms with Gasteiger partial charge in [0, 0.05) is 17.9 Å². The Bertz CT molecular complexity index is 1140. The minimum atomic E-state index is -0.448. The van der Waals surface area contributed by atoms with Crippen LogP contribution in [0.1, 0.15) is 83.9 Å². The molecule has 1 N–H and O–H groups in total. The van der Waals surface area contributed by atoms with Crippen molar-refractivity contribution in [1.29, 1.82) is 0 Å². The molecular formula is C35H46FNO2. The van der Waals surface area contributed by atoms with E-state index in [2.05, 4.69) is 56.1 Å². The van der Waals surface area contributed by atoms with Crippen LogP contribution in [0, 0.1) is 17.7 Å². The fourth-order valence-corrected chi connectivity index (χ4v) is 3.67. The molecule has 0 spiro atoms. The quantitative estimate of drug-likeness (QED) is 0.283. The molecule has 210 valence electrons. The Balaban J connectivity index is 0.000000392. The molecule has 3 aromatic rings. The molecular weight excluding hydrogens is 485 g/mol. The van der Waals surface area contributed by atoms with Gasteiger partial charge in [-0.25, -0.2) is 4.39 Å². The molecule has 0 aromatic heterocycles. The summed E-state index contributed by atoms with van der Waals surface area (Å²) in [6, 6.07) is 25.0. The van der Waals surface area contributed by atoms with E-state index < -0.39 is 5.82 Å². The van der Waals surface area contributed by atoms with Crippen LogP contribution in [0.5, 0.6) is 0 Å². The molecule has 2 unspecified atom stereocenters. The number of halogens is 1. The fraction of sp³-hybridized carbons (Fsp3) is 0.371. The third kappa shape index (κ3) is 12.7. The van der Waals surface area contributed by atoms with Crippen LogP contribution in [0.25, 0.3) is 5.57 Å². The van der Waals surface area contributed by atoms with Crippen LogP contribution in [-0.4, -0.2) is 11.7 Å². The standard InChI is InChI=1S/C20H22FNO.C11H16.C4H8O/c1-4-9-14(2)20(23)22-19-17(12-8-13-18(19)21)15(3)16-10-6-5-7-11-16;1-3-10(2)9-11-7-5-4-6-8-11;1-3-4(2)5/h5-8,10-14H,3-4,9H2,1-2H3,(H,22,23);4-8,10H,3,9H2,1-2H3;3H2,1-2H3. The van der Waals surface area contributed by atoms with Crippen molar-refractivity contribution >= 4 is 23.0 Å². The first-order valence-corrected chi connectivity index (χ1v) is 14.0. The molecule has 0 aliphatic carbocycles. The number of hydrogen-bond acceptors (Lipinski definition) is 2. The number of nitrogens with one attached hydrogen (secondary N) is 1. The van der Waals surface area contributed by atoms with Gasteiger partial charge in [-0.1, -0.05) is 127 Å². The molecule has 0 saturated heterocycles. The molecule has 39 heavy (non-hydrogen) atoms. The van der Waals surface area contributed by atoms with Gasteiger partial charge in [-0.05, 0) is 48.4 Å². The van der Waals surface area contributed by atoms with Gasteiger partial charge >= 0.3 is 0 Å². The summed E-state index contributed by atoms with van der Waals surface area (Å²) in [5.41, 5.74) is 3.85. The van der Waals surface area contributed by atoms with Crippen molar-refractivity contribution in [3.8, 4) is 0 Å². The Morgan fingerprint density at radius 3 is 1.95 bits per heavy atom. The molecule has 0 aliphatic heterocycles. The van der Waals surface area contributed by atoms with E-state index in [1.807, 2.05) is 51.1 Å². The van der Waals surface area contributed by atoms with Crippen LogP contribution >= 0.6 is 0 Å². The second-order valence-corrected chi connectivity index (χ2v) is 9.94. The first-order chi connectivity index (χ1) is 18.6. The van der Waals surface area contributed by atoms with Gasteiger partial charge in [0.05, 0.1) is 5.69 Å². The third-order valence-electron chi connectivity index (χ3n) is 6.50. The number of amides is 1. The lowest BCUT2D eigenvalue weighted by molar-refractivity contribution is -0.119. The largest absolute Gasteiger partial charge is 0.323 e. The molecule has 3 aromatic carbocycles. The number of Topliss-reactive ketones (excluding diaryl/α,β-unsaturated/α-hetero) is 1. The van der Waals surface area contributed by atoms with Gasteiger partial charge in [-0.2, -0.15) is 0 Å². The van der Waals surface area contributed by atoms with E-state index in [4.69, 9.17) is 0 Å². The maximum absolute atomic E-state index is 14.3. The van der Waals surface area contributed by atoms with Crippen LogP contribution in [-0.2, 0) is 16.0 Å². The SMILES string of the molecule is C=C(c1ccccc1)c1cccc(F)c1NC(=O)C(C)CCC.CCC(C)=O.CCC(C)Cc1ccccc1. The predicted molar refractivity (Wildman–Crippen MR) is 164 cm³/mol. The summed E-state index contributed by atoms with van der Waals surface area (Å²) >= 11 is 0. The van der Waals surface area contributed by atoms with Gasteiger partial charge in [0.15, 0.2) is 0 Å². The van der Waals surface area contributed by atoms with Crippen molar-refractivity contribution in [3.05, 3.63) is 108 Å². The minimum Gasteiger partial charge on any atom is -0.323 e. The second kappa shape index (κ2) is 18.7. The molecule has 3 nitrogen and oxygen atoms in total. The third-order valence-corrected chi connectivity index (χ3v) is 6.50. The van der Waals surface area contributed by atoms with Gasteiger partial charge in [-0.3, -0.25) is 4.79 Å². The van der Waals surface area contributed by atoms with Gasteiger partial charge < -0.3 is 10.1 Å². The highest BCUT2D eigenvalue weighted by molar-refractivity contribution is 5.97. The smallest absolute Gasteiger partial charge is 0.227 e. The molecule has 0 bridgehead atoms. The van der Waals surface area contributed by atoms with E-state index in [-0.39, 0.29) is 23.3 Å². The Kier molecular flexibility index (Phi) is 16.0.